The van der Waals surface area contributed by atoms with E-state index in [1.165, 1.54) is 5.69 Å². The first-order valence-electron chi connectivity index (χ1n) is 8.97. The first-order chi connectivity index (χ1) is 12.7. The third-order valence-corrected chi connectivity index (χ3v) is 4.97. The van der Waals surface area contributed by atoms with Crippen LogP contribution in [0.15, 0.2) is 54.6 Å². The number of aryl methyl sites for hydroxylation is 1. The normalized spacial score (nSPS) is 14.6. The van der Waals surface area contributed by atoms with Gasteiger partial charge in [0.2, 0.25) is 0 Å². The molecule has 5 nitrogen and oxygen atoms in total. The third kappa shape index (κ3) is 3.18. The Morgan fingerprint density at radius 2 is 1.81 bits per heavy atom. The van der Waals surface area contributed by atoms with Crippen molar-refractivity contribution in [3.8, 4) is 0 Å². The second kappa shape index (κ2) is 7.22. The molecule has 2 aromatic carbocycles. The van der Waals surface area contributed by atoms with Gasteiger partial charge < -0.3 is 19.5 Å². The number of fused-ring (bicyclic) bond motifs is 1. The molecule has 26 heavy (non-hydrogen) atoms. The molecular weight excluding hydrogens is 326 g/mol. The van der Waals surface area contributed by atoms with Crippen molar-refractivity contribution in [2.45, 2.75) is 6.54 Å². The van der Waals surface area contributed by atoms with Crippen LogP contribution in [0, 0.1) is 0 Å². The minimum atomic E-state index is -0.0551. The fourth-order valence-electron chi connectivity index (χ4n) is 3.55. The molecule has 1 saturated heterocycles. The Hall–Kier alpha value is -2.79. The van der Waals surface area contributed by atoms with Crippen LogP contribution in [0.5, 0.6) is 0 Å². The summed E-state index contributed by atoms with van der Waals surface area (Å²) in [6.45, 7) is 3.77. The lowest BCUT2D eigenvalue weighted by Gasteiger charge is -2.30. The number of ether oxygens (including phenoxy) is 1. The Labute approximate surface area is 153 Å². The van der Waals surface area contributed by atoms with Crippen molar-refractivity contribution < 1.29 is 9.53 Å². The largest absolute Gasteiger partial charge is 0.378 e. The Bertz CT molecular complexity index is 926. The van der Waals surface area contributed by atoms with Gasteiger partial charge in [0.1, 0.15) is 5.69 Å². The van der Waals surface area contributed by atoms with Gasteiger partial charge >= 0.3 is 0 Å². The molecule has 0 radical (unpaired) electrons. The van der Waals surface area contributed by atoms with Crippen LogP contribution in [0.25, 0.3) is 10.9 Å². The lowest BCUT2D eigenvalue weighted by Crippen LogP contribution is -2.37. The minimum Gasteiger partial charge on any atom is -0.378 e. The van der Waals surface area contributed by atoms with Crippen LogP contribution >= 0.6 is 0 Å². The summed E-state index contributed by atoms with van der Waals surface area (Å²) in [7, 11) is 1.93. The van der Waals surface area contributed by atoms with Crippen LogP contribution in [-0.4, -0.2) is 36.8 Å². The predicted octanol–water partition coefficient (Wildman–Crippen LogP) is 2.94. The predicted molar refractivity (Wildman–Crippen MR) is 104 cm³/mol. The topological polar surface area (TPSA) is 46.5 Å². The molecule has 0 atom stereocenters. The maximum atomic E-state index is 12.7. The number of carbonyl (C=O) groups excluding carboxylic acids is 1. The van der Waals surface area contributed by atoms with Crippen LogP contribution in [-0.2, 0) is 18.3 Å². The monoisotopic (exact) mass is 349 g/mol. The number of hydrogen-bond acceptors (Lipinski definition) is 3. The highest BCUT2D eigenvalue weighted by Crippen LogP contribution is 2.22. The molecule has 134 valence electrons. The number of morpholine rings is 1. The van der Waals surface area contributed by atoms with Gasteiger partial charge in [0.05, 0.1) is 13.2 Å². The summed E-state index contributed by atoms with van der Waals surface area (Å²) in [5.41, 5.74) is 4.04. The quantitative estimate of drug-likeness (QED) is 0.788. The zero-order valence-electron chi connectivity index (χ0n) is 14.9. The summed E-state index contributed by atoms with van der Waals surface area (Å²) in [4.78, 5) is 15.1. The van der Waals surface area contributed by atoms with Crippen molar-refractivity contribution in [2.24, 2.45) is 7.05 Å². The van der Waals surface area contributed by atoms with Gasteiger partial charge in [-0.3, -0.25) is 4.79 Å². The molecule has 3 aromatic rings. The molecule has 0 bridgehead atoms. The van der Waals surface area contributed by atoms with E-state index >= 15 is 0 Å². The van der Waals surface area contributed by atoms with Gasteiger partial charge in [0.25, 0.3) is 5.91 Å². The Morgan fingerprint density at radius 3 is 2.62 bits per heavy atom. The molecule has 1 aliphatic rings. The zero-order valence-corrected chi connectivity index (χ0v) is 14.9. The second-order valence-corrected chi connectivity index (χ2v) is 6.56. The van der Waals surface area contributed by atoms with Gasteiger partial charge in [-0.2, -0.15) is 0 Å². The molecule has 0 saturated carbocycles. The maximum Gasteiger partial charge on any atom is 0.268 e. The molecule has 1 amide bonds. The fraction of sp³-hybridized carbons (Fsp3) is 0.286. The van der Waals surface area contributed by atoms with Crippen LogP contribution in [0.4, 0.5) is 5.69 Å². The highest BCUT2D eigenvalue weighted by molar-refractivity contribution is 5.98. The van der Waals surface area contributed by atoms with Crippen molar-refractivity contribution in [1.29, 1.82) is 0 Å². The molecule has 0 unspecified atom stereocenters. The summed E-state index contributed by atoms with van der Waals surface area (Å²) >= 11 is 0. The summed E-state index contributed by atoms with van der Waals surface area (Å²) in [5.74, 6) is -0.0551. The van der Waals surface area contributed by atoms with E-state index in [1.807, 2.05) is 54.1 Å². The zero-order chi connectivity index (χ0) is 17.9. The summed E-state index contributed by atoms with van der Waals surface area (Å²) in [5, 5.41) is 4.16. The SMILES string of the molecule is Cn1c(C(=O)NCc2ccccc2N2CCOCC2)cc2ccccc21. The molecule has 1 fully saturated rings. The van der Waals surface area contributed by atoms with E-state index in [0.717, 1.165) is 42.8 Å². The van der Waals surface area contributed by atoms with E-state index in [4.69, 9.17) is 4.74 Å². The summed E-state index contributed by atoms with van der Waals surface area (Å²) < 4.78 is 7.39. The van der Waals surface area contributed by atoms with E-state index < -0.39 is 0 Å². The minimum absolute atomic E-state index is 0.0551. The number of anilines is 1. The van der Waals surface area contributed by atoms with Crippen molar-refractivity contribution in [3.63, 3.8) is 0 Å². The molecule has 0 aliphatic carbocycles. The number of carbonyl (C=O) groups is 1. The van der Waals surface area contributed by atoms with Gasteiger partial charge in [0, 0.05) is 43.3 Å². The molecule has 2 heterocycles. The fourth-order valence-corrected chi connectivity index (χ4v) is 3.55. The molecule has 1 aromatic heterocycles. The molecule has 0 spiro atoms. The highest BCUT2D eigenvalue weighted by atomic mass is 16.5. The maximum absolute atomic E-state index is 12.7. The van der Waals surface area contributed by atoms with Crippen LogP contribution in [0.2, 0.25) is 0 Å². The van der Waals surface area contributed by atoms with E-state index in [0.29, 0.717) is 12.2 Å². The number of benzene rings is 2. The average Bonchev–Trinajstić information content (AvgIpc) is 3.04. The Morgan fingerprint density at radius 1 is 1.08 bits per heavy atom. The number of para-hydroxylation sites is 2. The van der Waals surface area contributed by atoms with Crippen molar-refractivity contribution >= 4 is 22.5 Å². The number of hydrogen-bond donors (Lipinski definition) is 1. The van der Waals surface area contributed by atoms with Gasteiger partial charge in [-0.25, -0.2) is 0 Å². The van der Waals surface area contributed by atoms with Crippen molar-refractivity contribution in [2.75, 3.05) is 31.2 Å². The lowest BCUT2D eigenvalue weighted by molar-refractivity contribution is 0.0943. The Balaban J connectivity index is 1.52. The van der Waals surface area contributed by atoms with E-state index in [2.05, 4.69) is 22.3 Å². The lowest BCUT2D eigenvalue weighted by atomic mass is 10.1. The van der Waals surface area contributed by atoms with Gasteiger partial charge in [0.15, 0.2) is 0 Å². The van der Waals surface area contributed by atoms with Crippen LogP contribution in [0.3, 0.4) is 0 Å². The number of nitrogens with one attached hydrogen (secondary N) is 1. The second-order valence-electron chi connectivity index (χ2n) is 6.56. The van der Waals surface area contributed by atoms with Crippen LogP contribution in [0.1, 0.15) is 16.1 Å². The molecule has 1 aliphatic heterocycles. The van der Waals surface area contributed by atoms with E-state index in [1.54, 1.807) is 0 Å². The van der Waals surface area contributed by atoms with Crippen LogP contribution < -0.4 is 10.2 Å². The summed E-state index contributed by atoms with van der Waals surface area (Å²) in [6.07, 6.45) is 0. The molecular formula is C21H23N3O2. The smallest absolute Gasteiger partial charge is 0.268 e. The number of amides is 1. The van der Waals surface area contributed by atoms with Gasteiger partial charge in [-0.1, -0.05) is 36.4 Å². The van der Waals surface area contributed by atoms with E-state index in [-0.39, 0.29) is 5.91 Å². The molecule has 4 rings (SSSR count). The van der Waals surface area contributed by atoms with Gasteiger partial charge in [-0.05, 0) is 23.8 Å². The van der Waals surface area contributed by atoms with Gasteiger partial charge in [-0.15, -0.1) is 0 Å². The first-order valence-corrected chi connectivity index (χ1v) is 8.97. The third-order valence-electron chi connectivity index (χ3n) is 4.97. The number of nitrogens with zero attached hydrogens (tertiary/aromatic N) is 2. The number of rotatable bonds is 4. The molecule has 5 heteroatoms. The van der Waals surface area contributed by atoms with Crippen molar-refractivity contribution in [3.05, 3.63) is 65.9 Å². The van der Waals surface area contributed by atoms with E-state index in [9.17, 15) is 4.79 Å². The first kappa shape index (κ1) is 16.7. The Kier molecular flexibility index (Phi) is 4.63. The van der Waals surface area contributed by atoms with Crippen molar-refractivity contribution in [1.82, 2.24) is 9.88 Å². The average molecular weight is 349 g/mol. The molecule has 1 N–H and O–H groups in total. The summed E-state index contributed by atoms with van der Waals surface area (Å²) in [6, 6.07) is 18.2. The number of aromatic nitrogens is 1. The highest BCUT2D eigenvalue weighted by Gasteiger charge is 2.16. The standard InChI is InChI=1S/C21H23N3O2/c1-23-18-8-4-2-6-16(18)14-20(23)21(25)22-15-17-7-3-5-9-19(17)24-10-12-26-13-11-24/h2-9,14H,10-13,15H2,1H3,(H,22,25).